The third-order valence-corrected chi connectivity index (χ3v) is 7.34. The molecule has 2 aliphatic rings. The first-order valence-electron chi connectivity index (χ1n) is 13.1. The van der Waals surface area contributed by atoms with Gasteiger partial charge in [0.05, 0.1) is 32.0 Å². The molecule has 208 valence electrons. The van der Waals surface area contributed by atoms with Crippen molar-refractivity contribution < 1.29 is 33.0 Å². The molecule has 4 unspecified atom stereocenters. The Morgan fingerprint density at radius 3 is 2.59 bits per heavy atom. The van der Waals surface area contributed by atoms with Crippen molar-refractivity contribution in [1.29, 1.82) is 0 Å². The van der Waals surface area contributed by atoms with Crippen LogP contribution in [0.5, 0.6) is 0 Å². The highest BCUT2D eigenvalue weighted by Gasteiger charge is 2.35. The Morgan fingerprint density at radius 1 is 1.16 bits per heavy atom. The summed E-state index contributed by atoms with van der Waals surface area (Å²) in [4.78, 5) is 26.2. The van der Waals surface area contributed by atoms with Crippen molar-refractivity contribution in [2.24, 2.45) is 11.8 Å². The Bertz CT molecular complexity index is 887. The van der Waals surface area contributed by atoms with Crippen molar-refractivity contribution in [1.82, 2.24) is 20.9 Å². The van der Waals surface area contributed by atoms with E-state index in [1.807, 2.05) is 0 Å². The number of urea groups is 1. The molecule has 11 heteroatoms. The van der Waals surface area contributed by atoms with Crippen LogP contribution in [0.15, 0.2) is 18.2 Å². The number of hydrogen-bond acceptors (Lipinski definition) is 6. The van der Waals surface area contributed by atoms with Crippen molar-refractivity contribution >= 4 is 12.1 Å². The summed E-state index contributed by atoms with van der Waals surface area (Å²) >= 11 is 0. The van der Waals surface area contributed by atoms with Gasteiger partial charge < -0.3 is 35.4 Å². The van der Waals surface area contributed by atoms with Gasteiger partial charge in [-0.3, -0.25) is 0 Å². The number of rotatable bonds is 11. The van der Waals surface area contributed by atoms with Crippen molar-refractivity contribution in [3.63, 3.8) is 0 Å². The van der Waals surface area contributed by atoms with Crippen LogP contribution in [0.25, 0.3) is 0 Å². The van der Waals surface area contributed by atoms with Gasteiger partial charge in [0, 0.05) is 37.7 Å². The number of carbonyl (C=O) groups excluding carboxylic acids is 2. The Hall–Kier alpha value is -2.50. The molecular weight excluding hydrogens is 486 g/mol. The predicted molar refractivity (Wildman–Crippen MR) is 134 cm³/mol. The lowest BCUT2D eigenvalue weighted by atomic mass is 9.88. The summed E-state index contributed by atoms with van der Waals surface area (Å²) < 4.78 is 39.3. The lowest BCUT2D eigenvalue weighted by Gasteiger charge is -2.38. The molecule has 0 bridgehead atoms. The van der Waals surface area contributed by atoms with Gasteiger partial charge in [0.2, 0.25) is 0 Å². The van der Waals surface area contributed by atoms with E-state index in [0.29, 0.717) is 25.9 Å². The lowest BCUT2D eigenvalue weighted by molar-refractivity contribution is -0.0114. The Balaban J connectivity index is 1.69. The minimum absolute atomic E-state index is 0.0518. The quantitative estimate of drug-likeness (QED) is 0.330. The zero-order valence-corrected chi connectivity index (χ0v) is 21.7. The van der Waals surface area contributed by atoms with E-state index in [2.05, 4.69) is 20.7 Å². The molecule has 0 spiro atoms. The Labute approximate surface area is 217 Å². The number of aliphatic hydroxyl groups is 1. The van der Waals surface area contributed by atoms with E-state index < -0.39 is 36.0 Å². The molecule has 2 fully saturated rings. The highest BCUT2D eigenvalue weighted by Crippen LogP contribution is 2.35. The maximum absolute atomic E-state index is 14.8. The molecule has 3 amide bonds. The van der Waals surface area contributed by atoms with Gasteiger partial charge in [-0.25, -0.2) is 18.4 Å². The maximum atomic E-state index is 14.8. The average molecular weight is 527 g/mol. The zero-order chi connectivity index (χ0) is 26.8. The summed E-state index contributed by atoms with van der Waals surface area (Å²) in [6.45, 7) is 1.41. The number of benzene rings is 1. The van der Waals surface area contributed by atoms with E-state index in [4.69, 9.17) is 4.74 Å². The topological polar surface area (TPSA) is 112 Å². The van der Waals surface area contributed by atoms with E-state index in [1.54, 1.807) is 11.9 Å². The van der Waals surface area contributed by atoms with E-state index in [-0.39, 0.29) is 43.1 Å². The van der Waals surface area contributed by atoms with Crippen LogP contribution in [0, 0.1) is 23.5 Å². The van der Waals surface area contributed by atoms with Gasteiger partial charge in [-0.2, -0.15) is 0 Å². The number of alkyl carbamates (subject to hydrolysis) is 1. The second-order valence-corrected chi connectivity index (χ2v) is 9.85. The molecule has 0 radical (unpaired) electrons. The van der Waals surface area contributed by atoms with Gasteiger partial charge in [0.15, 0.2) is 11.6 Å². The fraction of sp³-hybridized carbons (Fsp3) is 0.692. The molecule has 1 heterocycles. The fourth-order valence-corrected chi connectivity index (χ4v) is 5.43. The van der Waals surface area contributed by atoms with Gasteiger partial charge in [0.1, 0.15) is 0 Å². The van der Waals surface area contributed by atoms with Gasteiger partial charge in [-0.15, -0.1) is 0 Å². The molecule has 9 nitrogen and oxygen atoms in total. The average Bonchev–Trinajstić information content (AvgIpc) is 3.45. The summed E-state index contributed by atoms with van der Waals surface area (Å²) in [5, 5.41) is 19.5. The predicted octanol–water partition coefficient (Wildman–Crippen LogP) is 2.94. The molecule has 1 saturated heterocycles. The van der Waals surface area contributed by atoms with Crippen LogP contribution in [0.2, 0.25) is 0 Å². The second-order valence-electron chi connectivity index (χ2n) is 9.85. The number of carbonyl (C=O) groups is 2. The number of aliphatic hydroxyl groups excluding tert-OH is 1. The normalized spacial score (nSPS) is 20.8. The molecule has 1 saturated carbocycles. The number of piperidine rings is 1. The van der Waals surface area contributed by atoms with Gasteiger partial charge >= 0.3 is 12.1 Å². The monoisotopic (exact) mass is 526 g/mol. The molecule has 0 aromatic heterocycles. The molecule has 1 aromatic carbocycles. The number of ether oxygens (including phenoxy) is 2. The molecular formula is C26H40F2N4O5. The highest BCUT2D eigenvalue weighted by atomic mass is 19.2. The van der Waals surface area contributed by atoms with Crippen molar-refractivity contribution in [3.05, 3.63) is 35.4 Å². The number of likely N-dealkylation sites (N-methyl/N-ethyl adjacent to an activating group) is 1. The first kappa shape index (κ1) is 29.1. The summed E-state index contributed by atoms with van der Waals surface area (Å²) in [7, 11) is 3.03. The number of hydrogen-bond donors (Lipinski definition) is 4. The lowest BCUT2D eigenvalue weighted by Crippen LogP contribution is -2.56. The van der Waals surface area contributed by atoms with Crippen LogP contribution in [0.1, 0.15) is 50.2 Å². The molecule has 4 atom stereocenters. The van der Waals surface area contributed by atoms with Crippen LogP contribution >= 0.6 is 0 Å². The summed E-state index contributed by atoms with van der Waals surface area (Å²) in [6.07, 6.45) is 3.32. The molecule has 37 heavy (non-hydrogen) atoms. The number of methoxy groups -OCH3 is 1. The summed E-state index contributed by atoms with van der Waals surface area (Å²) in [5.41, 5.74) is 0.0787. The standard InChI is InChI=1S/C26H40F2N4O5/c1-29-15-21(23(33)17-7-3-4-8-17)31-25(34)32-13-6-9-18(16-32)24(37-14-12-30-26(35)36-2)19-10-5-11-20(27)22(19)28/h5,10-11,17-18,21,23-24,29,33H,3-4,6-9,12-16H2,1-2H3,(H,30,35)(H,31,34). The van der Waals surface area contributed by atoms with Crippen molar-refractivity contribution in [3.8, 4) is 0 Å². The number of nitrogens with one attached hydrogen (secondary N) is 3. The number of halogens is 2. The van der Waals surface area contributed by atoms with Crippen LogP contribution in [0.3, 0.4) is 0 Å². The molecule has 1 aliphatic heterocycles. The van der Waals surface area contributed by atoms with Crippen LogP contribution in [-0.2, 0) is 9.47 Å². The molecule has 3 rings (SSSR count). The number of nitrogens with zero attached hydrogens (tertiary/aromatic N) is 1. The number of amides is 3. The van der Waals surface area contributed by atoms with Crippen LogP contribution in [0.4, 0.5) is 18.4 Å². The third-order valence-electron chi connectivity index (χ3n) is 7.34. The summed E-state index contributed by atoms with van der Waals surface area (Å²) in [5.74, 6) is -2.08. The minimum Gasteiger partial charge on any atom is -0.453 e. The van der Waals surface area contributed by atoms with Crippen LogP contribution < -0.4 is 16.0 Å². The second kappa shape index (κ2) is 14.4. The Kier molecular flexibility index (Phi) is 11.3. The first-order valence-corrected chi connectivity index (χ1v) is 13.1. The third kappa shape index (κ3) is 7.99. The van der Waals surface area contributed by atoms with E-state index in [0.717, 1.165) is 31.7 Å². The zero-order valence-electron chi connectivity index (χ0n) is 21.7. The Morgan fingerprint density at radius 2 is 1.89 bits per heavy atom. The van der Waals surface area contributed by atoms with E-state index in [1.165, 1.54) is 19.2 Å². The first-order chi connectivity index (χ1) is 17.8. The smallest absolute Gasteiger partial charge is 0.406 e. The van der Waals surface area contributed by atoms with Crippen molar-refractivity contribution in [2.45, 2.75) is 56.8 Å². The maximum Gasteiger partial charge on any atom is 0.406 e. The highest BCUT2D eigenvalue weighted by molar-refractivity contribution is 5.74. The van der Waals surface area contributed by atoms with E-state index in [9.17, 15) is 23.5 Å². The number of likely N-dealkylation sites (tertiary alicyclic amines) is 1. The van der Waals surface area contributed by atoms with Gasteiger partial charge in [0.25, 0.3) is 0 Å². The molecule has 1 aromatic rings. The molecule has 4 N–H and O–H groups in total. The SMILES string of the molecule is CNCC(NC(=O)N1CCCC(C(OCCNC(=O)OC)c2cccc(F)c2F)C1)C(O)C1CCCC1. The van der Waals surface area contributed by atoms with Gasteiger partial charge in [-0.1, -0.05) is 25.0 Å². The van der Waals surface area contributed by atoms with Gasteiger partial charge in [-0.05, 0) is 44.7 Å². The molecule has 1 aliphatic carbocycles. The van der Waals surface area contributed by atoms with Crippen LogP contribution in [-0.4, -0.2) is 81.2 Å². The largest absolute Gasteiger partial charge is 0.453 e. The van der Waals surface area contributed by atoms with Crippen molar-refractivity contribution in [2.75, 3.05) is 46.9 Å². The fourth-order valence-electron chi connectivity index (χ4n) is 5.43. The summed E-state index contributed by atoms with van der Waals surface area (Å²) in [6, 6.07) is 3.23. The minimum atomic E-state index is -0.983. The van der Waals surface area contributed by atoms with E-state index >= 15 is 0 Å².